The number of aliphatic carboxylic acids is 1. The molecular formula is C8H7N3O2. The maximum atomic E-state index is 10.5. The van der Waals surface area contributed by atoms with Gasteiger partial charge < -0.3 is 5.11 Å². The molecule has 0 saturated heterocycles. The number of carboxylic acids is 1. The van der Waals surface area contributed by atoms with Gasteiger partial charge in [-0.2, -0.15) is 5.10 Å². The lowest BCUT2D eigenvalue weighted by atomic mass is 10.3. The quantitative estimate of drug-likeness (QED) is 0.719. The topological polar surface area (TPSA) is 67.5 Å². The first-order chi connectivity index (χ1) is 6.27. The summed E-state index contributed by atoms with van der Waals surface area (Å²) in [4.78, 5) is 14.3. The normalized spacial score (nSPS) is 10.5. The minimum Gasteiger partial charge on any atom is -0.481 e. The van der Waals surface area contributed by atoms with Crippen LogP contribution in [0.4, 0.5) is 0 Å². The molecule has 0 saturated carbocycles. The van der Waals surface area contributed by atoms with Crippen molar-refractivity contribution in [2.24, 2.45) is 0 Å². The molecule has 0 aliphatic heterocycles. The molecule has 0 spiro atoms. The molecule has 13 heavy (non-hydrogen) atoms. The van der Waals surface area contributed by atoms with E-state index >= 15 is 0 Å². The Morgan fingerprint density at radius 1 is 1.54 bits per heavy atom. The van der Waals surface area contributed by atoms with E-state index in [1.807, 2.05) is 0 Å². The van der Waals surface area contributed by atoms with Crippen LogP contribution in [-0.2, 0) is 11.2 Å². The number of carboxylic acid groups (broad SMARTS) is 1. The van der Waals surface area contributed by atoms with Crippen molar-refractivity contribution in [3.05, 3.63) is 30.4 Å². The largest absolute Gasteiger partial charge is 0.481 e. The molecule has 2 aromatic heterocycles. The Morgan fingerprint density at radius 2 is 2.38 bits per heavy atom. The van der Waals surface area contributed by atoms with Gasteiger partial charge >= 0.3 is 5.97 Å². The maximum Gasteiger partial charge on any atom is 0.309 e. The van der Waals surface area contributed by atoms with E-state index < -0.39 is 5.97 Å². The minimum absolute atomic E-state index is 0.0226. The van der Waals surface area contributed by atoms with Crippen LogP contribution >= 0.6 is 0 Å². The van der Waals surface area contributed by atoms with Crippen molar-refractivity contribution >= 4 is 11.5 Å². The van der Waals surface area contributed by atoms with Crippen molar-refractivity contribution in [3.63, 3.8) is 0 Å². The van der Waals surface area contributed by atoms with Gasteiger partial charge in [-0.15, -0.1) is 0 Å². The van der Waals surface area contributed by atoms with Crippen LogP contribution in [0.25, 0.3) is 5.52 Å². The molecule has 2 rings (SSSR count). The molecule has 0 atom stereocenters. The summed E-state index contributed by atoms with van der Waals surface area (Å²) in [6, 6.07) is 3.52. The Kier molecular flexibility index (Phi) is 1.70. The Hall–Kier alpha value is -1.91. The standard InChI is InChI=1S/C8H7N3O2/c12-8(13)3-6-1-2-7-4-9-5-10-11(6)7/h1-2,4-5H,3H2,(H,12,13). The Morgan fingerprint density at radius 3 is 3.15 bits per heavy atom. The average Bonchev–Trinajstić information content (AvgIpc) is 2.48. The van der Waals surface area contributed by atoms with E-state index in [2.05, 4.69) is 10.1 Å². The van der Waals surface area contributed by atoms with Crippen molar-refractivity contribution < 1.29 is 9.90 Å². The molecule has 0 aromatic carbocycles. The zero-order valence-electron chi connectivity index (χ0n) is 6.71. The van der Waals surface area contributed by atoms with Crippen LogP contribution in [0.1, 0.15) is 5.69 Å². The van der Waals surface area contributed by atoms with Crippen molar-refractivity contribution in [2.75, 3.05) is 0 Å². The van der Waals surface area contributed by atoms with Crippen LogP contribution in [0, 0.1) is 0 Å². The van der Waals surface area contributed by atoms with Crippen molar-refractivity contribution in [1.82, 2.24) is 14.6 Å². The first-order valence-electron chi connectivity index (χ1n) is 3.76. The molecule has 66 valence electrons. The molecule has 0 amide bonds. The van der Waals surface area contributed by atoms with E-state index in [1.54, 1.807) is 22.8 Å². The molecule has 5 heteroatoms. The van der Waals surface area contributed by atoms with Crippen molar-refractivity contribution in [3.8, 4) is 0 Å². The Balaban J connectivity index is 2.51. The average molecular weight is 177 g/mol. The van der Waals surface area contributed by atoms with Gasteiger partial charge in [0.05, 0.1) is 23.8 Å². The summed E-state index contributed by atoms with van der Waals surface area (Å²) in [7, 11) is 0. The van der Waals surface area contributed by atoms with Gasteiger partial charge in [-0.25, -0.2) is 9.50 Å². The van der Waals surface area contributed by atoms with Gasteiger partial charge in [0.2, 0.25) is 0 Å². The van der Waals surface area contributed by atoms with Gasteiger partial charge in [0.15, 0.2) is 0 Å². The van der Waals surface area contributed by atoms with Crippen LogP contribution in [0.5, 0.6) is 0 Å². The summed E-state index contributed by atoms with van der Waals surface area (Å²) in [6.45, 7) is 0. The second-order valence-electron chi connectivity index (χ2n) is 2.64. The van der Waals surface area contributed by atoms with Gasteiger partial charge in [0.25, 0.3) is 0 Å². The number of nitrogens with zero attached hydrogens (tertiary/aromatic N) is 3. The second-order valence-corrected chi connectivity index (χ2v) is 2.64. The van der Waals surface area contributed by atoms with Crippen molar-refractivity contribution in [1.29, 1.82) is 0 Å². The summed E-state index contributed by atoms with van der Waals surface area (Å²) < 4.78 is 1.57. The van der Waals surface area contributed by atoms with Gasteiger partial charge in [-0.05, 0) is 12.1 Å². The number of fused-ring (bicyclic) bond motifs is 1. The lowest BCUT2D eigenvalue weighted by Gasteiger charge is -1.96. The number of hydrogen-bond donors (Lipinski definition) is 1. The predicted molar refractivity (Wildman–Crippen MR) is 44.3 cm³/mol. The molecule has 5 nitrogen and oxygen atoms in total. The van der Waals surface area contributed by atoms with E-state index in [1.165, 1.54) is 6.33 Å². The smallest absolute Gasteiger partial charge is 0.309 e. The maximum absolute atomic E-state index is 10.5. The summed E-state index contributed by atoms with van der Waals surface area (Å²) in [5.74, 6) is -0.862. The van der Waals surface area contributed by atoms with E-state index in [0.717, 1.165) is 5.52 Å². The predicted octanol–water partition coefficient (Wildman–Crippen LogP) is 0.356. The number of hydrogen-bond acceptors (Lipinski definition) is 3. The molecule has 0 unspecified atom stereocenters. The summed E-state index contributed by atoms with van der Waals surface area (Å²) >= 11 is 0. The van der Waals surface area contributed by atoms with Crippen LogP contribution < -0.4 is 0 Å². The van der Waals surface area contributed by atoms with E-state index in [9.17, 15) is 4.79 Å². The fraction of sp³-hybridized carbons (Fsp3) is 0.125. The van der Waals surface area contributed by atoms with E-state index in [4.69, 9.17) is 5.11 Å². The Labute approximate surface area is 73.6 Å². The molecule has 0 fully saturated rings. The third-order valence-electron chi connectivity index (χ3n) is 1.74. The minimum atomic E-state index is -0.862. The molecule has 0 aliphatic rings. The fourth-order valence-electron chi connectivity index (χ4n) is 1.21. The van der Waals surface area contributed by atoms with Gasteiger partial charge in [0, 0.05) is 0 Å². The van der Waals surface area contributed by atoms with Gasteiger partial charge in [-0.3, -0.25) is 4.79 Å². The highest BCUT2D eigenvalue weighted by Gasteiger charge is 2.05. The third kappa shape index (κ3) is 1.35. The van der Waals surface area contributed by atoms with Gasteiger partial charge in [-0.1, -0.05) is 0 Å². The zero-order chi connectivity index (χ0) is 9.26. The molecule has 0 bridgehead atoms. The molecule has 0 radical (unpaired) electrons. The van der Waals surface area contributed by atoms with Gasteiger partial charge in [0.1, 0.15) is 6.33 Å². The molecule has 2 aromatic rings. The van der Waals surface area contributed by atoms with Crippen LogP contribution in [0.2, 0.25) is 0 Å². The SMILES string of the molecule is O=C(O)Cc1ccc2cncnn12. The molecule has 2 heterocycles. The zero-order valence-corrected chi connectivity index (χ0v) is 6.71. The van der Waals surface area contributed by atoms with Crippen LogP contribution in [0.3, 0.4) is 0 Å². The molecular weight excluding hydrogens is 170 g/mol. The first-order valence-corrected chi connectivity index (χ1v) is 3.76. The third-order valence-corrected chi connectivity index (χ3v) is 1.74. The highest BCUT2D eigenvalue weighted by Crippen LogP contribution is 2.06. The highest BCUT2D eigenvalue weighted by atomic mass is 16.4. The number of rotatable bonds is 2. The highest BCUT2D eigenvalue weighted by molar-refractivity contribution is 5.70. The summed E-state index contributed by atoms with van der Waals surface area (Å²) in [5.41, 5.74) is 1.46. The van der Waals surface area contributed by atoms with E-state index in [-0.39, 0.29) is 6.42 Å². The lowest BCUT2D eigenvalue weighted by molar-refractivity contribution is -0.136. The number of aromatic nitrogens is 3. The van der Waals surface area contributed by atoms with Crippen LogP contribution in [-0.4, -0.2) is 25.7 Å². The fourth-order valence-corrected chi connectivity index (χ4v) is 1.21. The van der Waals surface area contributed by atoms with Crippen LogP contribution in [0.15, 0.2) is 24.7 Å². The summed E-state index contributed by atoms with van der Waals surface area (Å²) in [6.07, 6.45) is 3.00. The van der Waals surface area contributed by atoms with Crippen molar-refractivity contribution in [2.45, 2.75) is 6.42 Å². The molecule has 0 aliphatic carbocycles. The second kappa shape index (κ2) is 2.85. The first kappa shape index (κ1) is 7.72. The summed E-state index contributed by atoms with van der Waals surface area (Å²) in [5, 5.41) is 12.5. The molecule has 1 N–H and O–H groups in total. The Bertz CT molecular complexity index is 449. The monoisotopic (exact) mass is 177 g/mol. The lowest BCUT2D eigenvalue weighted by Crippen LogP contribution is -2.04. The number of carbonyl (C=O) groups is 1. The van der Waals surface area contributed by atoms with E-state index in [0.29, 0.717) is 5.69 Å².